The van der Waals surface area contributed by atoms with Gasteiger partial charge >= 0.3 is 0 Å². The smallest absolute Gasteiger partial charge is 0.187 e. The fraction of sp³-hybridized carbons (Fsp3) is 0.500. The van der Waals surface area contributed by atoms with Crippen molar-refractivity contribution in [3.05, 3.63) is 24.6 Å². The Labute approximate surface area is 73.2 Å². The molecule has 64 valence electrons. The van der Waals surface area contributed by atoms with Gasteiger partial charge in [0, 0.05) is 0 Å². The molecule has 0 aliphatic heterocycles. The van der Waals surface area contributed by atoms with Crippen molar-refractivity contribution in [2.24, 2.45) is 0 Å². The highest BCUT2D eigenvalue weighted by Crippen LogP contribution is 2.01. The molecule has 0 fully saturated rings. The van der Waals surface area contributed by atoms with Crippen LogP contribution in [0.15, 0.2) is 24.6 Å². The van der Waals surface area contributed by atoms with E-state index in [4.69, 9.17) is 4.12 Å². The van der Waals surface area contributed by atoms with E-state index in [1.54, 1.807) is 0 Å². The molecule has 1 nitrogen and oxygen atoms in total. The molecule has 3 heteroatoms. The van der Waals surface area contributed by atoms with E-state index in [-0.39, 0.29) is 0 Å². The minimum atomic E-state index is -1.03. The van der Waals surface area contributed by atoms with Crippen molar-refractivity contribution in [1.29, 1.82) is 0 Å². The molecule has 11 heavy (non-hydrogen) atoms. The maximum atomic E-state index is 5.89. The quantitative estimate of drug-likeness (QED) is 0.576. The molecule has 2 atom stereocenters. The first-order valence-electron chi connectivity index (χ1n) is 4.19. The van der Waals surface area contributed by atoms with Gasteiger partial charge in [0.15, 0.2) is 18.1 Å². The van der Waals surface area contributed by atoms with Crippen molar-refractivity contribution in [2.45, 2.75) is 25.9 Å². The van der Waals surface area contributed by atoms with Gasteiger partial charge in [-0.1, -0.05) is 25.2 Å². The minimum absolute atomic E-state index is 1.03. The average molecular weight is 186 g/mol. The van der Waals surface area contributed by atoms with Crippen molar-refractivity contribution in [3.8, 4) is 0 Å². The molecule has 0 N–H and O–H groups in total. The van der Waals surface area contributed by atoms with Gasteiger partial charge in [-0.25, -0.2) is 0 Å². The summed E-state index contributed by atoms with van der Waals surface area (Å²) in [7, 11) is -2.06. The van der Waals surface area contributed by atoms with Crippen LogP contribution in [0.5, 0.6) is 0 Å². The second kappa shape index (κ2) is 6.58. The number of rotatable bonds is 6. The van der Waals surface area contributed by atoms with Gasteiger partial charge in [0.05, 0.1) is 0 Å². The Morgan fingerprint density at radius 2 is 1.45 bits per heavy atom. The summed E-state index contributed by atoms with van der Waals surface area (Å²) in [5.74, 6) is 0. The zero-order valence-corrected chi connectivity index (χ0v) is 9.86. The molecule has 2 unspecified atom stereocenters. The number of hydrogen-bond acceptors (Lipinski definition) is 1. The second-order valence-corrected chi connectivity index (χ2v) is 8.32. The lowest BCUT2D eigenvalue weighted by atomic mass is 11.0. The minimum Gasteiger partial charge on any atom is -0.454 e. The Morgan fingerprint density at radius 3 is 1.64 bits per heavy atom. The SMILES string of the molecule is C=C[SiH](CC)O[SiH](C=C)CC. The van der Waals surface area contributed by atoms with Crippen molar-refractivity contribution in [3.63, 3.8) is 0 Å². The largest absolute Gasteiger partial charge is 0.454 e. The van der Waals surface area contributed by atoms with Gasteiger partial charge in [0.25, 0.3) is 0 Å². The standard InChI is InChI=1S/C8H18OSi2/c1-5-10(6-2)9-11(7-3)8-4/h5,7,10-11H,1,3,6,8H2,2,4H3. The third-order valence-corrected chi connectivity index (χ3v) is 7.14. The summed E-state index contributed by atoms with van der Waals surface area (Å²) in [5.41, 5.74) is 4.03. The van der Waals surface area contributed by atoms with E-state index in [2.05, 4.69) is 27.0 Å². The van der Waals surface area contributed by atoms with Crippen LogP contribution in [0.25, 0.3) is 0 Å². The molecule has 0 aromatic heterocycles. The van der Waals surface area contributed by atoms with Crippen LogP contribution in [0.1, 0.15) is 13.8 Å². The van der Waals surface area contributed by atoms with E-state index in [9.17, 15) is 0 Å². The van der Waals surface area contributed by atoms with Crippen LogP contribution in [0.2, 0.25) is 12.1 Å². The Balaban J connectivity index is 3.76. The molecule has 0 aromatic rings. The lowest BCUT2D eigenvalue weighted by molar-refractivity contribution is 0.603. The zero-order chi connectivity index (χ0) is 8.69. The molecule has 0 spiro atoms. The lowest BCUT2D eigenvalue weighted by Crippen LogP contribution is -2.24. The first-order chi connectivity index (χ1) is 5.28. The fourth-order valence-corrected chi connectivity index (χ4v) is 5.75. The lowest BCUT2D eigenvalue weighted by Gasteiger charge is -2.15. The summed E-state index contributed by atoms with van der Waals surface area (Å²) in [6, 6.07) is 2.31. The van der Waals surface area contributed by atoms with Gasteiger partial charge < -0.3 is 4.12 Å². The maximum absolute atomic E-state index is 5.89. The molecule has 0 aromatic carbocycles. The van der Waals surface area contributed by atoms with Crippen molar-refractivity contribution in [2.75, 3.05) is 0 Å². The highest BCUT2D eigenvalue weighted by atomic mass is 28.4. The molecule has 0 amide bonds. The van der Waals surface area contributed by atoms with Crippen LogP contribution in [-0.4, -0.2) is 18.1 Å². The monoisotopic (exact) mass is 186 g/mol. The predicted molar refractivity (Wildman–Crippen MR) is 56.7 cm³/mol. The van der Waals surface area contributed by atoms with Gasteiger partial charge in [-0.2, -0.15) is 0 Å². The topological polar surface area (TPSA) is 9.23 Å². The Bertz CT molecular complexity index is 111. The fourth-order valence-electron chi connectivity index (χ4n) is 0.861. The number of hydrogen-bond donors (Lipinski definition) is 0. The van der Waals surface area contributed by atoms with Gasteiger partial charge in [0.1, 0.15) is 0 Å². The first-order valence-corrected chi connectivity index (χ1v) is 8.09. The van der Waals surface area contributed by atoms with Crippen LogP contribution in [-0.2, 0) is 4.12 Å². The molecular weight excluding hydrogens is 168 g/mol. The van der Waals surface area contributed by atoms with Crippen molar-refractivity contribution >= 4 is 18.1 Å². The summed E-state index contributed by atoms with van der Waals surface area (Å²) in [6.07, 6.45) is 0. The Morgan fingerprint density at radius 1 is 1.09 bits per heavy atom. The van der Waals surface area contributed by atoms with E-state index in [1.807, 2.05) is 11.4 Å². The van der Waals surface area contributed by atoms with E-state index in [1.165, 1.54) is 0 Å². The van der Waals surface area contributed by atoms with Crippen LogP contribution in [0, 0.1) is 0 Å². The van der Waals surface area contributed by atoms with Crippen LogP contribution in [0.3, 0.4) is 0 Å². The van der Waals surface area contributed by atoms with Gasteiger partial charge in [0.2, 0.25) is 0 Å². The van der Waals surface area contributed by atoms with Crippen LogP contribution in [0.4, 0.5) is 0 Å². The molecule has 0 saturated heterocycles. The Kier molecular flexibility index (Phi) is 6.50. The van der Waals surface area contributed by atoms with Crippen molar-refractivity contribution < 1.29 is 4.12 Å². The molecule has 0 bridgehead atoms. The third kappa shape index (κ3) is 4.34. The molecule has 0 aliphatic rings. The zero-order valence-electron chi connectivity index (χ0n) is 7.55. The second-order valence-electron chi connectivity index (χ2n) is 2.50. The average Bonchev–Trinajstić information content (AvgIpc) is 2.07. The molecule has 0 aliphatic carbocycles. The molecule has 0 heterocycles. The van der Waals surface area contributed by atoms with Crippen LogP contribution < -0.4 is 0 Å². The molecule has 0 radical (unpaired) electrons. The summed E-state index contributed by atoms with van der Waals surface area (Å²) in [4.78, 5) is 0. The van der Waals surface area contributed by atoms with E-state index < -0.39 is 18.1 Å². The summed E-state index contributed by atoms with van der Waals surface area (Å²) < 4.78 is 5.89. The molecule has 0 saturated carbocycles. The highest BCUT2D eigenvalue weighted by molar-refractivity contribution is 6.71. The third-order valence-electron chi connectivity index (χ3n) is 1.68. The first kappa shape index (κ1) is 10.9. The molecular formula is C8H18OSi2. The summed E-state index contributed by atoms with van der Waals surface area (Å²) >= 11 is 0. The summed E-state index contributed by atoms with van der Waals surface area (Å²) in [5, 5.41) is 0. The molecule has 0 rings (SSSR count). The van der Waals surface area contributed by atoms with Crippen LogP contribution >= 0.6 is 0 Å². The predicted octanol–water partition coefficient (Wildman–Crippen LogP) is 1.94. The normalized spacial score (nSPS) is 15.5. The van der Waals surface area contributed by atoms with Gasteiger partial charge in [-0.15, -0.1) is 13.2 Å². The van der Waals surface area contributed by atoms with E-state index >= 15 is 0 Å². The van der Waals surface area contributed by atoms with Gasteiger partial charge in [-0.05, 0) is 12.1 Å². The van der Waals surface area contributed by atoms with Crippen molar-refractivity contribution in [1.82, 2.24) is 0 Å². The van der Waals surface area contributed by atoms with E-state index in [0.29, 0.717) is 0 Å². The van der Waals surface area contributed by atoms with Gasteiger partial charge in [-0.3, -0.25) is 0 Å². The Hall–Kier alpha value is -0.126. The van der Waals surface area contributed by atoms with E-state index in [0.717, 1.165) is 12.1 Å². The highest BCUT2D eigenvalue weighted by Gasteiger charge is 2.10. The summed E-state index contributed by atoms with van der Waals surface area (Å²) in [6.45, 7) is 11.9. The maximum Gasteiger partial charge on any atom is 0.187 e.